The van der Waals surface area contributed by atoms with Crippen molar-refractivity contribution in [2.45, 2.75) is 18.9 Å². The van der Waals surface area contributed by atoms with Gasteiger partial charge in [-0.3, -0.25) is 4.79 Å². The highest BCUT2D eigenvalue weighted by molar-refractivity contribution is 7.99. The summed E-state index contributed by atoms with van der Waals surface area (Å²) in [4.78, 5) is 13.9. The minimum Gasteiger partial charge on any atom is -0.381 e. The number of amides is 1. The van der Waals surface area contributed by atoms with E-state index in [1.165, 1.54) is 5.75 Å². The smallest absolute Gasteiger partial charge is 0.223 e. The van der Waals surface area contributed by atoms with Crippen molar-refractivity contribution in [2.24, 2.45) is 5.92 Å². The summed E-state index contributed by atoms with van der Waals surface area (Å²) in [6.45, 7) is 3.55. The predicted octanol–water partition coefficient (Wildman–Crippen LogP) is 0.998. The second kappa shape index (κ2) is 8.25. The van der Waals surface area contributed by atoms with E-state index in [0.717, 1.165) is 38.5 Å². The number of nitrogens with one attached hydrogen (secondary N) is 1. The summed E-state index contributed by atoms with van der Waals surface area (Å²) < 4.78 is 5.33. The highest BCUT2D eigenvalue weighted by atomic mass is 35.5. The first kappa shape index (κ1) is 16.1. The molecule has 2 aliphatic rings. The van der Waals surface area contributed by atoms with Gasteiger partial charge in [-0.1, -0.05) is 0 Å². The third-order valence-corrected chi connectivity index (χ3v) is 4.53. The summed E-state index contributed by atoms with van der Waals surface area (Å²) in [5.41, 5.74) is 0. The van der Waals surface area contributed by atoms with Crippen LogP contribution in [-0.2, 0) is 9.53 Å². The molecule has 2 unspecified atom stereocenters. The van der Waals surface area contributed by atoms with Crippen molar-refractivity contribution in [1.29, 1.82) is 0 Å². The van der Waals surface area contributed by atoms with E-state index in [1.54, 1.807) is 0 Å². The van der Waals surface area contributed by atoms with E-state index >= 15 is 0 Å². The number of halogens is 1. The van der Waals surface area contributed by atoms with Crippen LogP contribution in [0.1, 0.15) is 12.8 Å². The van der Waals surface area contributed by atoms with E-state index < -0.39 is 0 Å². The SMILES string of the molecule is CN(CC1CCOC1)C(=O)CC1CSCCN1.Cl. The average Bonchev–Trinajstić information content (AvgIpc) is 2.83. The van der Waals surface area contributed by atoms with Gasteiger partial charge in [0.15, 0.2) is 0 Å². The second-order valence-corrected chi connectivity index (χ2v) is 6.08. The minimum atomic E-state index is 0. The molecule has 1 N–H and O–H groups in total. The van der Waals surface area contributed by atoms with E-state index in [4.69, 9.17) is 4.74 Å². The summed E-state index contributed by atoms with van der Waals surface area (Å²) in [7, 11) is 1.91. The number of ether oxygens (including phenoxy) is 1. The van der Waals surface area contributed by atoms with Crippen LogP contribution < -0.4 is 5.32 Å². The molecule has 2 saturated heterocycles. The zero-order valence-corrected chi connectivity index (χ0v) is 12.5. The lowest BCUT2D eigenvalue weighted by atomic mass is 10.1. The lowest BCUT2D eigenvalue weighted by Crippen LogP contribution is -2.42. The molecule has 2 heterocycles. The lowest BCUT2D eigenvalue weighted by Gasteiger charge is -2.26. The molecule has 2 aliphatic heterocycles. The number of carbonyl (C=O) groups is 1. The Hall–Kier alpha value is 0.0300. The molecule has 0 saturated carbocycles. The van der Waals surface area contributed by atoms with Crippen LogP contribution in [0.2, 0.25) is 0 Å². The first-order valence-corrected chi connectivity index (χ1v) is 7.54. The van der Waals surface area contributed by atoms with Gasteiger partial charge in [0.2, 0.25) is 5.91 Å². The van der Waals surface area contributed by atoms with Crippen LogP contribution in [0.5, 0.6) is 0 Å². The molecule has 0 spiro atoms. The monoisotopic (exact) mass is 294 g/mol. The molecule has 1 amide bonds. The van der Waals surface area contributed by atoms with Crippen molar-refractivity contribution in [3.8, 4) is 0 Å². The maximum atomic E-state index is 12.0. The molecule has 0 bridgehead atoms. The molecule has 18 heavy (non-hydrogen) atoms. The van der Waals surface area contributed by atoms with Crippen LogP contribution >= 0.6 is 24.2 Å². The number of hydrogen-bond donors (Lipinski definition) is 1. The average molecular weight is 295 g/mol. The fourth-order valence-electron chi connectivity index (χ4n) is 2.33. The Balaban J connectivity index is 0.00000162. The van der Waals surface area contributed by atoms with Gasteiger partial charge in [-0.2, -0.15) is 11.8 Å². The van der Waals surface area contributed by atoms with E-state index in [2.05, 4.69) is 5.32 Å². The van der Waals surface area contributed by atoms with Gasteiger partial charge in [0, 0.05) is 56.6 Å². The molecule has 2 atom stereocenters. The van der Waals surface area contributed by atoms with Gasteiger partial charge in [0.25, 0.3) is 0 Å². The van der Waals surface area contributed by atoms with E-state index in [1.807, 2.05) is 23.7 Å². The van der Waals surface area contributed by atoms with Gasteiger partial charge in [0.05, 0.1) is 6.61 Å². The highest BCUT2D eigenvalue weighted by Crippen LogP contribution is 2.15. The van der Waals surface area contributed by atoms with Crippen molar-refractivity contribution in [2.75, 3.05) is 44.9 Å². The fourth-order valence-corrected chi connectivity index (χ4v) is 3.28. The number of carbonyl (C=O) groups excluding carboxylic acids is 1. The van der Waals surface area contributed by atoms with Crippen molar-refractivity contribution in [3.63, 3.8) is 0 Å². The lowest BCUT2D eigenvalue weighted by molar-refractivity contribution is -0.130. The standard InChI is InChI=1S/C12H22N2O2S.ClH/c1-14(7-10-2-4-16-8-10)12(15)6-11-9-17-5-3-13-11;/h10-11,13H,2-9H2,1H3;1H. The third kappa shape index (κ3) is 4.96. The van der Waals surface area contributed by atoms with Crippen molar-refractivity contribution < 1.29 is 9.53 Å². The van der Waals surface area contributed by atoms with Gasteiger partial charge in [0.1, 0.15) is 0 Å². The van der Waals surface area contributed by atoms with Gasteiger partial charge >= 0.3 is 0 Å². The Bertz CT molecular complexity index is 256. The number of nitrogens with zero attached hydrogens (tertiary/aromatic N) is 1. The molecular weight excluding hydrogens is 272 g/mol. The third-order valence-electron chi connectivity index (χ3n) is 3.40. The molecule has 4 nitrogen and oxygen atoms in total. The van der Waals surface area contributed by atoms with Crippen LogP contribution in [-0.4, -0.2) is 61.7 Å². The molecule has 0 aromatic rings. The molecule has 0 radical (unpaired) electrons. The number of hydrogen-bond acceptors (Lipinski definition) is 4. The topological polar surface area (TPSA) is 41.6 Å². The summed E-state index contributed by atoms with van der Waals surface area (Å²) in [5, 5.41) is 3.41. The molecule has 106 valence electrons. The maximum Gasteiger partial charge on any atom is 0.223 e. The summed E-state index contributed by atoms with van der Waals surface area (Å²) in [6.07, 6.45) is 1.73. The van der Waals surface area contributed by atoms with Crippen molar-refractivity contribution in [1.82, 2.24) is 10.2 Å². The summed E-state index contributed by atoms with van der Waals surface area (Å²) in [5.74, 6) is 3.03. The zero-order chi connectivity index (χ0) is 12.1. The van der Waals surface area contributed by atoms with Crippen LogP contribution in [0.15, 0.2) is 0 Å². The van der Waals surface area contributed by atoms with Crippen molar-refractivity contribution in [3.05, 3.63) is 0 Å². The van der Waals surface area contributed by atoms with Gasteiger partial charge < -0.3 is 15.0 Å². The van der Waals surface area contributed by atoms with Gasteiger partial charge in [-0.15, -0.1) is 12.4 Å². The Kier molecular flexibility index (Phi) is 7.37. The minimum absolute atomic E-state index is 0. The molecule has 0 aromatic carbocycles. The van der Waals surface area contributed by atoms with Gasteiger partial charge in [-0.25, -0.2) is 0 Å². The van der Waals surface area contributed by atoms with Crippen molar-refractivity contribution >= 4 is 30.1 Å². The zero-order valence-electron chi connectivity index (χ0n) is 10.9. The normalized spacial score (nSPS) is 27.6. The molecule has 0 aromatic heterocycles. The molecule has 6 heteroatoms. The van der Waals surface area contributed by atoms with Crippen LogP contribution in [0.25, 0.3) is 0 Å². The van der Waals surface area contributed by atoms with Crippen LogP contribution in [0.4, 0.5) is 0 Å². The first-order valence-electron chi connectivity index (χ1n) is 6.38. The van der Waals surface area contributed by atoms with E-state index in [9.17, 15) is 4.79 Å². The highest BCUT2D eigenvalue weighted by Gasteiger charge is 2.22. The summed E-state index contributed by atoms with van der Waals surface area (Å²) >= 11 is 1.94. The van der Waals surface area contributed by atoms with Crippen LogP contribution in [0, 0.1) is 5.92 Å². The van der Waals surface area contributed by atoms with E-state index in [-0.39, 0.29) is 18.3 Å². The first-order chi connectivity index (χ1) is 8.25. The Labute approximate surface area is 120 Å². The Morgan fingerprint density at radius 2 is 2.39 bits per heavy atom. The van der Waals surface area contributed by atoms with Gasteiger partial charge in [-0.05, 0) is 6.42 Å². The largest absolute Gasteiger partial charge is 0.381 e. The number of rotatable bonds is 4. The quantitative estimate of drug-likeness (QED) is 0.840. The molecule has 2 fully saturated rings. The van der Waals surface area contributed by atoms with Crippen LogP contribution in [0.3, 0.4) is 0 Å². The Morgan fingerprint density at radius 1 is 1.56 bits per heavy atom. The number of thioether (sulfide) groups is 1. The maximum absolute atomic E-state index is 12.0. The second-order valence-electron chi connectivity index (χ2n) is 4.93. The summed E-state index contributed by atoms with van der Waals surface area (Å²) in [6, 6.07) is 0.364. The molecular formula is C12H23ClN2O2S. The van der Waals surface area contributed by atoms with E-state index in [0.29, 0.717) is 18.4 Å². The molecule has 2 rings (SSSR count). The fraction of sp³-hybridized carbons (Fsp3) is 0.917. The Morgan fingerprint density at radius 3 is 3.00 bits per heavy atom. The molecule has 0 aliphatic carbocycles. The predicted molar refractivity (Wildman–Crippen MR) is 77.5 cm³/mol.